The minimum atomic E-state index is -3.81. The SMILES string of the molecule is CCN1CCC[C@H]1CNC(=O)Cn1cnc2sc(C)c(S(=O)(=O)N3CCC(C)CC3)c2c1=O. The van der Waals surface area contributed by atoms with Crippen molar-refractivity contribution < 1.29 is 13.2 Å². The molecule has 2 aromatic rings. The third-order valence-electron chi connectivity index (χ3n) is 6.89. The molecule has 1 atom stereocenters. The summed E-state index contributed by atoms with van der Waals surface area (Å²) in [6.45, 7) is 9.20. The predicted octanol–water partition coefficient (Wildman–Crippen LogP) is 1.79. The average molecular weight is 496 g/mol. The van der Waals surface area contributed by atoms with Crippen LogP contribution in [0, 0.1) is 12.8 Å². The van der Waals surface area contributed by atoms with E-state index in [1.54, 1.807) is 6.92 Å². The molecule has 9 nitrogen and oxygen atoms in total. The van der Waals surface area contributed by atoms with Crippen LogP contribution in [-0.2, 0) is 21.4 Å². The molecule has 2 aromatic heterocycles. The van der Waals surface area contributed by atoms with Gasteiger partial charge in [-0.25, -0.2) is 13.4 Å². The number of hydrogen-bond donors (Lipinski definition) is 1. The van der Waals surface area contributed by atoms with Crippen LogP contribution in [0.5, 0.6) is 0 Å². The highest BCUT2D eigenvalue weighted by atomic mass is 32.2. The standard InChI is InChI=1S/C22H33N5O4S2/c1-4-25-9-5-6-17(25)12-23-18(28)13-26-14-24-21-19(22(26)29)20(16(3)32-21)33(30,31)27-10-7-15(2)8-11-27/h14-15,17H,4-13H2,1-3H3,(H,23,28)/t17-/m0/s1. The molecule has 0 bridgehead atoms. The monoisotopic (exact) mass is 495 g/mol. The molecular formula is C22H33N5O4S2. The Bertz CT molecular complexity index is 1180. The number of aryl methyl sites for hydroxylation is 1. The van der Waals surface area contributed by atoms with Crippen LogP contribution in [0.4, 0.5) is 0 Å². The van der Waals surface area contributed by atoms with Crippen molar-refractivity contribution in [2.24, 2.45) is 5.92 Å². The van der Waals surface area contributed by atoms with Gasteiger partial charge in [0.2, 0.25) is 15.9 Å². The van der Waals surface area contributed by atoms with Crippen molar-refractivity contribution in [3.8, 4) is 0 Å². The van der Waals surface area contributed by atoms with Crippen molar-refractivity contribution in [1.82, 2.24) is 24.1 Å². The number of nitrogens with one attached hydrogen (secondary N) is 1. The number of sulfonamides is 1. The van der Waals surface area contributed by atoms with Crippen molar-refractivity contribution in [2.45, 2.75) is 63.9 Å². The van der Waals surface area contributed by atoms with Gasteiger partial charge in [0.05, 0.1) is 11.7 Å². The maximum Gasteiger partial charge on any atom is 0.263 e. The van der Waals surface area contributed by atoms with Crippen molar-refractivity contribution >= 4 is 37.5 Å². The molecule has 4 heterocycles. The van der Waals surface area contributed by atoms with Gasteiger partial charge in [-0.15, -0.1) is 11.3 Å². The van der Waals surface area contributed by atoms with E-state index in [4.69, 9.17) is 0 Å². The Kier molecular flexibility index (Phi) is 7.23. The number of hydrogen-bond acceptors (Lipinski definition) is 7. The van der Waals surface area contributed by atoms with Crippen molar-refractivity contribution in [3.63, 3.8) is 0 Å². The lowest BCUT2D eigenvalue weighted by Gasteiger charge is -2.29. The molecule has 11 heteroatoms. The largest absolute Gasteiger partial charge is 0.353 e. The van der Waals surface area contributed by atoms with Crippen molar-refractivity contribution in [3.05, 3.63) is 21.6 Å². The van der Waals surface area contributed by atoms with E-state index in [-0.39, 0.29) is 22.7 Å². The van der Waals surface area contributed by atoms with Gasteiger partial charge in [-0.05, 0) is 51.6 Å². The fraction of sp³-hybridized carbons (Fsp3) is 0.682. The zero-order chi connectivity index (χ0) is 23.8. The number of carbonyl (C=O) groups excluding carboxylic acids is 1. The molecule has 0 aliphatic carbocycles. The minimum absolute atomic E-state index is 0.0499. The lowest BCUT2D eigenvalue weighted by atomic mass is 10.0. The van der Waals surface area contributed by atoms with Gasteiger partial charge in [0.15, 0.2) is 0 Å². The predicted molar refractivity (Wildman–Crippen MR) is 129 cm³/mol. The first-order valence-electron chi connectivity index (χ1n) is 11.7. The van der Waals surface area contributed by atoms with Crippen molar-refractivity contribution in [2.75, 3.05) is 32.7 Å². The summed E-state index contributed by atoms with van der Waals surface area (Å²) in [5.74, 6) is 0.213. The Labute approximate surface area is 198 Å². The van der Waals surface area contributed by atoms with Crippen LogP contribution >= 0.6 is 11.3 Å². The number of likely N-dealkylation sites (N-methyl/N-ethyl adjacent to an activating group) is 1. The summed E-state index contributed by atoms with van der Waals surface area (Å²) in [6.07, 6.45) is 5.12. The van der Waals surface area contributed by atoms with Crippen LogP contribution in [0.15, 0.2) is 16.0 Å². The average Bonchev–Trinajstić information content (AvgIpc) is 3.38. The lowest BCUT2D eigenvalue weighted by molar-refractivity contribution is -0.121. The van der Waals surface area contributed by atoms with Gasteiger partial charge in [0, 0.05) is 30.6 Å². The van der Waals surface area contributed by atoms with E-state index in [0.717, 1.165) is 38.8 Å². The third kappa shape index (κ3) is 4.87. The zero-order valence-electron chi connectivity index (χ0n) is 19.5. The van der Waals surface area contributed by atoms with Crippen LogP contribution in [0.2, 0.25) is 0 Å². The molecule has 4 rings (SSSR count). The number of fused-ring (bicyclic) bond motifs is 1. The zero-order valence-corrected chi connectivity index (χ0v) is 21.2. The molecule has 0 radical (unpaired) electrons. The topological polar surface area (TPSA) is 105 Å². The third-order valence-corrected chi connectivity index (χ3v) is 10.1. The molecule has 0 aromatic carbocycles. The fourth-order valence-electron chi connectivity index (χ4n) is 4.88. The molecule has 2 fully saturated rings. The number of amides is 1. The molecule has 2 aliphatic rings. The molecule has 0 unspecified atom stereocenters. The molecule has 2 aliphatic heterocycles. The van der Waals surface area contributed by atoms with E-state index >= 15 is 0 Å². The first-order chi connectivity index (χ1) is 15.7. The van der Waals surface area contributed by atoms with Gasteiger partial charge >= 0.3 is 0 Å². The summed E-state index contributed by atoms with van der Waals surface area (Å²) in [5.41, 5.74) is -0.487. The first-order valence-corrected chi connectivity index (χ1v) is 14.0. The van der Waals surface area contributed by atoms with E-state index in [2.05, 4.69) is 29.0 Å². The smallest absolute Gasteiger partial charge is 0.263 e. The van der Waals surface area contributed by atoms with E-state index < -0.39 is 15.6 Å². The van der Waals surface area contributed by atoms with Gasteiger partial charge < -0.3 is 5.32 Å². The number of thiophene rings is 1. The Hall–Kier alpha value is -1.82. The highest BCUT2D eigenvalue weighted by Gasteiger charge is 2.33. The summed E-state index contributed by atoms with van der Waals surface area (Å²) in [4.78, 5) is 33.5. The molecule has 0 spiro atoms. The fourth-order valence-corrected chi connectivity index (χ4v) is 8.01. The van der Waals surface area contributed by atoms with Gasteiger partial charge in [-0.2, -0.15) is 4.31 Å². The molecule has 2 saturated heterocycles. The molecule has 1 N–H and O–H groups in total. The summed E-state index contributed by atoms with van der Waals surface area (Å²) in [7, 11) is -3.81. The Morgan fingerprint density at radius 1 is 1.24 bits per heavy atom. The number of rotatable bonds is 7. The molecular weight excluding hydrogens is 462 g/mol. The van der Waals surface area contributed by atoms with E-state index in [0.29, 0.717) is 41.3 Å². The second-order valence-electron chi connectivity index (χ2n) is 9.16. The first kappa shape index (κ1) is 24.3. The number of likely N-dealkylation sites (tertiary alicyclic amines) is 1. The van der Waals surface area contributed by atoms with Gasteiger partial charge in [0.25, 0.3) is 5.56 Å². The van der Waals surface area contributed by atoms with Gasteiger partial charge in [-0.3, -0.25) is 19.1 Å². The molecule has 33 heavy (non-hydrogen) atoms. The lowest BCUT2D eigenvalue weighted by Crippen LogP contribution is -2.42. The highest BCUT2D eigenvalue weighted by Crippen LogP contribution is 2.34. The van der Waals surface area contributed by atoms with E-state index in [1.165, 1.54) is 26.5 Å². The maximum atomic E-state index is 13.5. The van der Waals surface area contributed by atoms with Gasteiger partial charge in [-0.1, -0.05) is 13.8 Å². The normalized spacial score (nSPS) is 21.1. The highest BCUT2D eigenvalue weighted by molar-refractivity contribution is 7.89. The van der Waals surface area contributed by atoms with Crippen LogP contribution in [0.3, 0.4) is 0 Å². The Morgan fingerprint density at radius 2 is 1.97 bits per heavy atom. The molecule has 1 amide bonds. The molecule has 182 valence electrons. The number of carbonyl (C=O) groups is 1. The Morgan fingerprint density at radius 3 is 2.67 bits per heavy atom. The number of nitrogens with zero attached hydrogens (tertiary/aromatic N) is 4. The van der Waals surface area contributed by atoms with Crippen molar-refractivity contribution in [1.29, 1.82) is 0 Å². The Balaban J connectivity index is 1.57. The van der Waals surface area contributed by atoms with Crippen LogP contribution < -0.4 is 10.9 Å². The van der Waals surface area contributed by atoms with Crippen LogP contribution in [0.1, 0.15) is 44.4 Å². The summed E-state index contributed by atoms with van der Waals surface area (Å²) >= 11 is 1.21. The number of aromatic nitrogens is 2. The van der Waals surface area contributed by atoms with E-state index in [1.807, 2.05) is 0 Å². The van der Waals surface area contributed by atoms with Crippen LogP contribution in [-0.4, -0.2) is 71.8 Å². The summed E-state index contributed by atoms with van der Waals surface area (Å²) in [5, 5.41) is 3.02. The quantitative estimate of drug-likeness (QED) is 0.628. The van der Waals surface area contributed by atoms with Crippen LogP contribution in [0.25, 0.3) is 10.2 Å². The number of piperidine rings is 1. The van der Waals surface area contributed by atoms with E-state index in [9.17, 15) is 18.0 Å². The second-order valence-corrected chi connectivity index (χ2v) is 12.2. The molecule has 0 saturated carbocycles. The summed E-state index contributed by atoms with van der Waals surface area (Å²) in [6, 6.07) is 0.319. The second kappa shape index (κ2) is 9.81. The minimum Gasteiger partial charge on any atom is -0.353 e. The van der Waals surface area contributed by atoms with Gasteiger partial charge in [0.1, 0.15) is 16.3 Å². The summed E-state index contributed by atoms with van der Waals surface area (Å²) < 4.78 is 29.6. The maximum absolute atomic E-state index is 13.5.